The fraction of sp³-hybridized carbons (Fsp3) is 0.833. The molecule has 0 aliphatic carbocycles. The molecule has 0 saturated heterocycles. The van der Waals surface area contributed by atoms with Gasteiger partial charge in [-0.1, -0.05) is 0 Å². The van der Waals surface area contributed by atoms with Crippen molar-refractivity contribution in [3.8, 4) is 6.07 Å². The van der Waals surface area contributed by atoms with Crippen LogP contribution in [0.25, 0.3) is 0 Å². The maximum atomic E-state index is 8.33. The first-order valence-electron chi connectivity index (χ1n) is 3.27. The summed E-state index contributed by atoms with van der Waals surface area (Å²) in [5, 5.41) is 8.93. The van der Waals surface area contributed by atoms with E-state index >= 15 is 0 Å². The summed E-state index contributed by atoms with van der Waals surface area (Å²) in [6.45, 7) is 0. The van der Waals surface area contributed by atoms with Crippen molar-refractivity contribution in [1.82, 2.24) is 0 Å². The zero-order valence-electron chi connectivity index (χ0n) is 7.09. The van der Waals surface area contributed by atoms with E-state index in [4.69, 9.17) is 16.6 Å². The average Bonchev–Trinajstić information content (AvgIpc) is 2.08. The predicted molar refractivity (Wildman–Crippen MR) is 41.8 cm³/mol. The van der Waals surface area contributed by atoms with E-state index in [1.807, 2.05) is 6.07 Å². The molecule has 0 aliphatic heterocycles. The zero-order valence-corrected chi connectivity index (χ0v) is 9.18. The van der Waals surface area contributed by atoms with Crippen molar-refractivity contribution in [3.63, 3.8) is 0 Å². The second-order valence-electron chi connectivity index (χ2n) is 1.95. The van der Waals surface area contributed by atoms with E-state index in [9.17, 15) is 0 Å². The minimum absolute atomic E-state index is 0.426. The van der Waals surface area contributed by atoms with Gasteiger partial charge in [0.05, 0.1) is 0 Å². The molecule has 0 aromatic carbocycles. The third-order valence-electron chi connectivity index (χ3n) is 1.48. The van der Waals surface area contributed by atoms with Crippen LogP contribution < -0.4 is 0 Å². The molecule has 0 heterocycles. The zero-order chi connectivity index (χ0) is 8.74. The molecule has 0 N–H and O–H groups in total. The van der Waals surface area contributed by atoms with Crippen LogP contribution in [0.4, 0.5) is 0 Å². The van der Waals surface area contributed by atoms with Crippen molar-refractivity contribution in [3.05, 3.63) is 0 Å². The first-order chi connectivity index (χ1) is 5.24. The van der Waals surface area contributed by atoms with Gasteiger partial charge in [0.15, 0.2) is 0 Å². The van der Waals surface area contributed by atoms with Gasteiger partial charge in [-0.3, -0.25) is 0 Å². The van der Waals surface area contributed by atoms with Crippen molar-refractivity contribution < 1.29 is 11.3 Å². The normalized spacial score (nSPS) is 11.1. The van der Waals surface area contributed by atoms with Gasteiger partial charge in [-0.2, -0.15) is 0 Å². The van der Waals surface area contributed by atoms with Gasteiger partial charge in [-0.15, -0.1) is 0 Å². The quantitative estimate of drug-likeness (QED) is 0.642. The molecule has 0 radical (unpaired) electrons. The number of rotatable bonds is 5. The molecule has 0 saturated carbocycles. The van der Waals surface area contributed by atoms with E-state index in [0.717, 1.165) is 0 Å². The van der Waals surface area contributed by atoms with Gasteiger partial charge in [0.2, 0.25) is 0 Å². The topological polar surface area (TPSA) is 51.5 Å². The van der Waals surface area contributed by atoms with E-state index in [0.29, 0.717) is 11.7 Å². The molecule has 0 aromatic rings. The Morgan fingerprint density at radius 3 is 1.91 bits per heavy atom. The van der Waals surface area contributed by atoms with Gasteiger partial charge in [0, 0.05) is 0 Å². The Bertz CT molecular complexity index is 133. The van der Waals surface area contributed by atoms with Gasteiger partial charge in [0.25, 0.3) is 0 Å². The van der Waals surface area contributed by atoms with Crippen LogP contribution in [-0.2, 0) is 11.3 Å². The monoisotopic (exact) mass is 221 g/mol. The Morgan fingerprint density at radius 2 is 1.64 bits per heavy atom. The van der Waals surface area contributed by atoms with Gasteiger partial charge in [-0.05, 0) is 0 Å². The Balaban J connectivity index is 3.96. The molecule has 0 amide bonds. The summed E-state index contributed by atoms with van der Waals surface area (Å²) in [7, 11) is 4.68. The van der Waals surface area contributed by atoms with Gasteiger partial charge in [-0.25, -0.2) is 0 Å². The van der Waals surface area contributed by atoms with E-state index in [2.05, 4.69) is 0 Å². The van der Waals surface area contributed by atoms with Gasteiger partial charge < -0.3 is 0 Å². The Hall–Kier alpha value is -0.0871. The molecular formula is C6H13GeNO3. The molecule has 0 fully saturated rings. The molecule has 4 nitrogen and oxygen atoms in total. The summed E-state index contributed by atoms with van der Waals surface area (Å²) >= 11 is -2.96. The summed E-state index contributed by atoms with van der Waals surface area (Å²) in [5.74, 6) is 0. The molecule has 0 atom stereocenters. The Labute approximate surface area is 70.4 Å². The van der Waals surface area contributed by atoms with E-state index in [1.165, 1.54) is 0 Å². The first kappa shape index (κ1) is 10.9. The third-order valence-corrected chi connectivity index (χ3v) is 7.20. The van der Waals surface area contributed by atoms with Crippen molar-refractivity contribution >= 4 is 14.3 Å². The van der Waals surface area contributed by atoms with Crippen LogP contribution in [0.1, 0.15) is 6.42 Å². The summed E-state index contributed by atoms with van der Waals surface area (Å²) in [6.07, 6.45) is 0.426. The molecule has 0 aromatic heterocycles. The standard InChI is InChI=1S/C6H13GeNO3/c1-9-7(10-2,11-3)5-4-6-8/h4-5H2,1-3H3. The number of nitriles is 1. The number of hydrogen-bond acceptors (Lipinski definition) is 4. The molecule has 64 valence electrons. The van der Waals surface area contributed by atoms with Crippen LogP contribution >= 0.6 is 0 Å². The fourth-order valence-corrected chi connectivity index (χ4v) is 3.98. The van der Waals surface area contributed by atoms with Crippen LogP contribution in [0.5, 0.6) is 0 Å². The third kappa shape index (κ3) is 3.21. The van der Waals surface area contributed by atoms with E-state index in [1.54, 1.807) is 21.3 Å². The number of nitrogens with zero attached hydrogens (tertiary/aromatic N) is 1. The van der Waals surface area contributed by atoms with Crippen LogP contribution in [0.15, 0.2) is 0 Å². The average molecular weight is 220 g/mol. The van der Waals surface area contributed by atoms with Crippen molar-refractivity contribution in [2.45, 2.75) is 11.7 Å². The number of hydrogen-bond donors (Lipinski definition) is 0. The molecule has 5 heteroatoms. The first-order valence-corrected chi connectivity index (χ1v) is 7.32. The fourth-order valence-electron chi connectivity index (χ4n) is 0.765. The van der Waals surface area contributed by atoms with Crippen LogP contribution in [0, 0.1) is 11.3 Å². The Morgan fingerprint density at radius 1 is 1.18 bits per heavy atom. The second kappa shape index (κ2) is 5.55. The summed E-state index contributed by atoms with van der Waals surface area (Å²) in [5.41, 5.74) is 0. The van der Waals surface area contributed by atoms with Crippen LogP contribution in [0.3, 0.4) is 0 Å². The maximum absolute atomic E-state index is 8.33. The second-order valence-corrected chi connectivity index (χ2v) is 8.44. The molecule has 0 rings (SSSR count). The Kier molecular flexibility index (Phi) is 5.50. The van der Waals surface area contributed by atoms with E-state index < -0.39 is 14.3 Å². The summed E-state index contributed by atoms with van der Waals surface area (Å²) < 4.78 is 15.4. The van der Waals surface area contributed by atoms with Crippen molar-refractivity contribution in [2.24, 2.45) is 0 Å². The summed E-state index contributed by atoms with van der Waals surface area (Å²) in [4.78, 5) is 0. The molecular weight excluding hydrogens is 207 g/mol. The minimum atomic E-state index is -2.96. The predicted octanol–water partition coefficient (Wildman–Crippen LogP) is 0.778. The SMILES string of the molecule is C[O][Ge]([CH2]CC#N)([O]C)[O]C. The van der Waals surface area contributed by atoms with Crippen molar-refractivity contribution in [1.29, 1.82) is 5.26 Å². The molecule has 11 heavy (non-hydrogen) atoms. The van der Waals surface area contributed by atoms with E-state index in [-0.39, 0.29) is 0 Å². The van der Waals surface area contributed by atoms with Crippen molar-refractivity contribution in [2.75, 3.05) is 21.3 Å². The van der Waals surface area contributed by atoms with Crippen LogP contribution in [-0.4, -0.2) is 35.6 Å². The molecule has 0 spiro atoms. The molecule has 0 bridgehead atoms. The van der Waals surface area contributed by atoms with Gasteiger partial charge in [0.1, 0.15) is 0 Å². The molecule has 0 aliphatic rings. The van der Waals surface area contributed by atoms with Gasteiger partial charge >= 0.3 is 69.9 Å². The molecule has 0 unspecified atom stereocenters. The summed E-state index contributed by atoms with van der Waals surface area (Å²) in [6, 6.07) is 2.03. The van der Waals surface area contributed by atoms with Crippen LogP contribution in [0.2, 0.25) is 5.25 Å².